The third-order valence-electron chi connectivity index (χ3n) is 3.01. The molecule has 0 spiro atoms. The van der Waals surface area contributed by atoms with Crippen molar-refractivity contribution >= 4 is 17.0 Å². The molecule has 0 aliphatic rings. The molecule has 0 aliphatic heterocycles. The maximum absolute atomic E-state index is 5.47. The second-order valence-electron chi connectivity index (χ2n) is 4.40. The predicted molar refractivity (Wildman–Crippen MR) is 83.4 cm³/mol. The van der Waals surface area contributed by atoms with Crippen LogP contribution in [0.5, 0.6) is 0 Å². The van der Waals surface area contributed by atoms with Gasteiger partial charge in [-0.1, -0.05) is 42.5 Å². The molecular weight excluding hydrogens is 250 g/mol. The number of hydrogen-bond donors (Lipinski definition) is 0. The first-order chi connectivity index (χ1) is 9.85. The van der Waals surface area contributed by atoms with Crippen LogP contribution in [0.3, 0.4) is 0 Å². The molecule has 3 heteroatoms. The quantitative estimate of drug-likeness (QED) is 0.568. The number of benzene rings is 2. The Bertz CT molecular complexity index is 554. The Morgan fingerprint density at radius 1 is 1.00 bits per heavy atom. The maximum atomic E-state index is 5.47. The molecule has 0 radical (unpaired) electrons. The smallest absolute Gasteiger partial charge is 0.176 e. The molecule has 0 bridgehead atoms. The minimum atomic E-state index is -0.253. The minimum absolute atomic E-state index is 0.253. The fourth-order valence-corrected chi connectivity index (χ4v) is 2.13. The summed E-state index contributed by atoms with van der Waals surface area (Å²) in [5.41, 5.74) is 1.12. The molecule has 0 heterocycles. The minimum Gasteiger partial charge on any atom is -0.351 e. The number of aliphatic imine (C=N–C) groups is 1. The maximum Gasteiger partial charge on any atom is 0.176 e. The molecule has 2 rings (SSSR count). The van der Waals surface area contributed by atoms with Crippen molar-refractivity contribution in [3.05, 3.63) is 48.0 Å². The standard InChI is InChI=1S/C17H21NO2/c1-3-19-17(20-4-2)13-18-12-15-10-7-9-14-8-5-6-11-16(14)15/h5-12,17H,3-4,13H2,1-2H3. The summed E-state index contributed by atoms with van der Waals surface area (Å²) >= 11 is 0. The summed E-state index contributed by atoms with van der Waals surface area (Å²) in [5.74, 6) is 0. The first-order valence-corrected chi connectivity index (χ1v) is 7.06. The summed E-state index contributed by atoms with van der Waals surface area (Å²) in [6.07, 6.45) is 1.64. The number of fused-ring (bicyclic) bond motifs is 1. The van der Waals surface area contributed by atoms with Crippen LogP contribution in [0.2, 0.25) is 0 Å². The van der Waals surface area contributed by atoms with Crippen molar-refractivity contribution in [3.63, 3.8) is 0 Å². The van der Waals surface area contributed by atoms with E-state index in [1.165, 1.54) is 10.8 Å². The van der Waals surface area contributed by atoms with Crippen molar-refractivity contribution in [2.45, 2.75) is 20.1 Å². The Kier molecular flexibility index (Phi) is 5.71. The zero-order chi connectivity index (χ0) is 14.2. The Balaban J connectivity index is 2.09. The van der Waals surface area contributed by atoms with Crippen molar-refractivity contribution < 1.29 is 9.47 Å². The van der Waals surface area contributed by atoms with E-state index in [-0.39, 0.29) is 6.29 Å². The van der Waals surface area contributed by atoms with E-state index in [1.54, 1.807) is 0 Å². The van der Waals surface area contributed by atoms with Gasteiger partial charge in [-0.05, 0) is 24.6 Å². The normalized spacial score (nSPS) is 11.8. The van der Waals surface area contributed by atoms with Crippen LogP contribution in [-0.4, -0.2) is 32.3 Å². The lowest BCUT2D eigenvalue weighted by atomic mass is 10.1. The molecule has 0 aliphatic carbocycles. The van der Waals surface area contributed by atoms with Crippen molar-refractivity contribution in [1.29, 1.82) is 0 Å². The second-order valence-corrected chi connectivity index (χ2v) is 4.40. The number of rotatable bonds is 7. The lowest BCUT2D eigenvalue weighted by Gasteiger charge is -2.14. The zero-order valence-corrected chi connectivity index (χ0v) is 12.1. The molecule has 0 aromatic heterocycles. The average molecular weight is 271 g/mol. The van der Waals surface area contributed by atoms with E-state index in [1.807, 2.05) is 38.3 Å². The van der Waals surface area contributed by atoms with E-state index in [0.29, 0.717) is 19.8 Å². The lowest BCUT2D eigenvalue weighted by molar-refractivity contribution is -0.128. The molecule has 0 N–H and O–H groups in total. The van der Waals surface area contributed by atoms with E-state index in [4.69, 9.17) is 9.47 Å². The fourth-order valence-electron chi connectivity index (χ4n) is 2.13. The molecule has 0 saturated heterocycles. The summed E-state index contributed by atoms with van der Waals surface area (Å²) in [5, 5.41) is 2.44. The van der Waals surface area contributed by atoms with Gasteiger partial charge in [0.15, 0.2) is 6.29 Å². The van der Waals surface area contributed by atoms with Gasteiger partial charge in [-0.2, -0.15) is 0 Å². The van der Waals surface area contributed by atoms with Crippen molar-refractivity contribution in [2.75, 3.05) is 19.8 Å². The Hall–Kier alpha value is -1.71. The van der Waals surface area contributed by atoms with Crippen LogP contribution in [0, 0.1) is 0 Å². The van der Waals surface area contributed by atoms with E-state index in [9.17, 15) is 0 Å². The third kappa shape index (κ3) is 3.89. The molecule has 0 fully saturated rings. The van der Waals surface area contributed by atoms with Crippen molar-refractivity contribution in [2.24, 2.45) is 4.99 Å². The largest absolute Gasteiger partial charge is 0.351 e. The van der Waals surface area contributed by atoms with E-state index < -0.39 is 0 Å². The predicted octanol–water partition coefficient (Wildman–Crippen LogP) is 3.66. The molecule has 0 atom stereocenters. The summed E-state index contributed by atoms with van der Waals surface area (Å²) in [6, 6.07) is 14.5. The third-order valence-corrected chi connectivity index (χ3v) is 3.01. The summed E-state index contributed by atoms with van der Waals surface area (Å²) in [7, 11) is 0. The van der Waals surface area contributed by atoms with Gasteiger partial charge in [0.2, 0.25) is 0 Å². The van der Waals surface area contributed by atoms with Crippen LogP contribution < -0.4 is 0 Å². The van der Waals surface area contributed by atoms with E-state index >= 15 is 0 Å². The molecule has 2 aromatic carbocycles. The van der Waals surface area contributed by atoms with Crippen LogP contribution in [0.4, 0.5) is 0 Å². The first kappa shape index (κ1) is 14.7. The van der Waals surface area contributed by atoms with Crippen LogP contribution in [0.25, 0.3) is 10.8 Å². The van der Waals surface area contributed by atoms with Crippen molar-refractivity contribution in [1.82, 2.24) is 0 Å². The zero-order valence-electron chi connectivity index (χ0n) is 12.1. The van der Waals surface area contributed by atoms with Gasteiger partial charge in [-0.25, -0.2) is 0 Å². The Labute approximate surface area is 120 Å². The highest BCUT2D eigenvalue weighted by atomic mass is 16.7. The van der Waals surface area contributed by atoms with Gasteiger partial charge in [0, 0.05) is 25.0 Å². The van der Waals surface area contributed by atoms with E-state index in [2.05, 4.69) is 29.3 Å². The monoisotopic (exact) mass is 271 g/mol. The van der Waals surface area contributed by atoms with Gasteiger partial charge < -0.3 is 9.47 Å². The average Bonchev–Trinajstić information content (AvgIpc) is 2.48. The van der Waals surface area contributed by atoms with Crippen molar-refractivity contribution in [3.8, 4) is 0 Å². The molecule has 106 valence electrons. The summed E-state index contributed by atoms with van der Waals surface area (Å²) in [4.78, 5) is 4.45. The molecular formula is C17H21NO2. The summed E-state index contributed by atoms with van der Waals surface area (Å²) < 4.78 is 10.9. The highest BCUT2D eigenvalue weighted by molar-refractivity contribution is 5.99. The fraction of sp³-hybridized carbons (Fsp3) is 0.353. The van der Waals surface area contributed by atoms with Gasteiger partial charge in [0.05, 0.1) is 6.54 Å². The topological polar surface area (TPSA) is 30.8 Å². The molecule has 0 amide bonds. The highest BCUT2D eigenvalue weighted by Gasteiger charge is 2.05. The van der Waals surface area contributed by atoms with Gasteiger partial charge in [-0.3, -0.25) is 4.99 Å². The van der Waals surface area contributed by atoms with Crippen LogP contribution in [0.1, 0.15) is 19.4 Å². The van der Waals surface area contributed by atoms with E-state index in [0.717, 1.165) is 5.56 Å². The SMILES string of the molecule is CCOC(CN=Cc1cccc2ccccc12)OCC. The lowest BCUT2D eigenvalue weighted by Crippen LogP contribution is -2.20. The van der Waals surface area contributed by atoms with Crippen LogP contribution in [0.15, 0.2) is 47.5 Å². The number of nitrogens with zero attached hydrogens (tertiary/aromatic N) is 1. The second kappa shape index (κ2) is 7.78. The summed E-state index contributed by atoms with van der Waals surface area (Å²) in [6.45, 7) is 5.70. The number of hydrogen-bond acceptors (Lipinski definition) is 3. The first-order valence-electron chi connectivity index (χ1n) is 7.06. The molecule has 20 heavy (non-hydrogen) atoms. The van der Waals surface area contributed by atoms with Gasteiger partial charge >= 0.3 is 0 Å². The molecule has 3 nitrogen and oxygen atoms in total. The molecule has 0 saturated carbocycles. The molecule has 0 unspecified atom stereocenters. The van der Waals surface area contributed by atoms with Crippen LogP contribution in [-0.2, 0) is 9.47 Å². The van der Waals surface area contributed by atoms with Crippen LogP contribution >= 0.6 is 0 Å². The Morgan fingerprint density at radius 2 is 1.70 bits per heavy atom. The number of ether oxygens (including phenoxy) is 2. The molecule has 2 aromatic rings. The van der Waals surface area contributed by atoms with Gasteiger partial charge in [0.1, 0.15) is 0 Å². The highest BCUT2D eigenvalue weighted by Crippen LogP contribution is 2.16. The van der Waals surface area contributed by atoms with Gasteiger partial charge in [0.25, 0.3) is 0 Å². The Morgan fingerprint density at radius 3 is 2.45 bits per heavy atom. The van der Waals surface area contributed by atoms with Gasteiger partial charge in [-0.15, -0.1) is 0 Å².